The van der Waals surface area contributed by atoms with E-state index in [-0.39, 0.29) is 29.2 Å². The molecule has 1 amide bonds. The Bertz CT molecular complexity index is 1370. The van der Waals surface area contributed by atoms with Crippen LogP contribution in [0.15, 0.2) is 47.1 Å². The summed E-state index contributed by atoms with van der Waals surface area (Å²) in [6, 6.07) is 3.57. The molecule has 13 heteroatoms. The van der Waals surface area contributed by atoms with Crippen molar-refractivity contribution < 1.29 is 31.2 Å². The quantitative estimate of drug-likeness (QED) is 0.439. The maximum absolute atomic E-state index is 14.7. The monoisotopic (exact) mass is 478 g/mol. The molecule has 1 fully saturated rings. The van der Waals surface area contributed by atoms with E-state index in [9.17, 15) is 26.7 Å². The third kappa shape index (κ3) is 3.72. The molecule has 2 aromatic heterocycles. The van der Waals surface area contributed by atoms with E-state index in [4.69, 9.17) is 4.42 Å². The fourth-order valence-electron chi connectivity index (χ4n) is 3.88. The molecule has 1 aliphatic heterocycles. The van der Waals surface area contributed by atoms with Crippen LogP contribution in [0.5, 0.6) is 0 Å². The van der Waals surface area contributed by atoms with Crippen molar-refractivity contribution in [1.82, 2.24) is 24.9 Å². The standard InChI is InChI=1S/C21H15F5N6O2/c22-11-1-4-15-14(9-11)30-20(34-15)27-10-16-21(25,26)5-8-31(16)19(33)12-2-3-13(23)17(24)18(12)32-28-6-7-29-32/h1-4,6-7,9,16H,5,8,10H2,(H,27,30). The van der Waals surface area contributed by atoms with E-state index >= 15 is 0 Å². The Morgan fingerprint density at radius 1 is 1.15 bits per heavy atom. The Morgan fingerprint density at radius 3 is 2.68 bits per heavy atom. The van der Waals surface area contributed by atoms with E-state index in [1.54, 1.807) is 0 Å². The molecule has 2 aromatic carbocycles. The summed E-state index contributed by atoms with van der Waals surface area (Å²) in [6.07, 6.45) is 1.76. The molecule has 3 heterocycles. The van der Waals surface area contributed by atoms with E-state index in [0.29, 0.717) is 4.80 Å². The molecule has 8 nitrogen and oxygen atoms in total. The summed E-state index contributed by atoms with van der Waals surface area (Å²) in [6.45, 7) is -0.797. The number of carbonyl (C=O) groups excluding carboxylic acids is 1. The van der Waals surface area contributed by atoms with E-state index in [1.807, 2.05) is 0 Å². The van der Waals surface area contributed by atoms with Crippen LogP contribution in [-0.4, -0.2) is 55.8 Å². The van der Waals surface area contributed by atoms with Gasteiger partial charge in [-0.25, -0.2) is 22.0 Å². The van der Waals surface area contributed by atoms with Gasteiger partial charge in [-0.2, -0.15) is 15.2 Å². The van der Waals surface area contributed by atoms with Gasteiger partial charge in [-0.05, 0) is 24.3 Å². The molecule has 0 aliphatic carbocycles. The molecule has 1 aliphatic rings. The van der Waals surface area contributed by atoms with Crippen LogP contribution in [-0.2, 0) is 0 Å². The van der Waals surface area contributed by atoms with Crippen LogP contribution in [0.25, 0.3) is 16.8 Å². The number of nitrogens with zero attached hydrogens (tertiary/aromatic N) is 5. The number of hydrogen-bond donors (Lipinski definition) is 1. The van der Waals surface area contributed by atoms with Crippen LogP contribution in [0, 0.1) is 17.5 Å². The van der Waals surface area contributed by atoms with Crippen LogP contribution < -0.4 is 5.32 Å². The molecule has 1 unspecified atom stereocenters. The Kier molecular flexibility index (Phi) is 5.18. The third-order valence-corrected chi connectivity index (χ3v) is 5.53. The van der Waals surface area contributed by atoms with Crippen molar-refractivity contribution in [2.45, 2.75) is 18.4 Å². The first kappa shape index (κ1) is 21.8. The number of likely N-dealkylation sites (tertiary alicyclic amines) is 1. The van der Waals surface area contributed by atoms with E-state index in [1.165, 1.54) is 18.5 Å². The van der Waals surface area contributed by atoms with Crippen LogP contribution in [0.2, 0.25) is 0 Å². The van der Waals surface area contributed by atoms with Crippen LogP contribution in [0.4, 0.5) is 28.0 Å². The van der Waals surface area contributed by atoms with Gasteiger partial charge in [-0.3, -0.25) is 4.79 Å². The number of nitrogens with one attached hydrogen (secondary N) is 1. The summed E-state index contributed by atoms with van der Waals surface area (Å²) < 4.78 is 76.6. The number of alkyl halides is 2. The molecular weight excluding hydrogens is 463 g/mol. The van der Waals surface area contributed by atoms with E-state index in [2.05, 4.69) is 20.5 Å². The number of carbonyl (C=O) groups is 1. The summed E-state index contributed by atoms with van der Waals surface area (Å²) >= 11 is 0. The summed E-state index contributed by atoms with van der Waals surface area (Å²) in [5.74, 6) is -7.42. The molecular formula is C21H15F5N6O2. The first-order chi connectivity index (χ1) is 16.2. The molecule has 0 radical (unpaired) electrons. The topological polar surface area (TPSA) is 89.1 Å². The number of fused-ring (bicyclic) bond motifs is 1. The van der Waals surface area contributed by atoms with Crippen molar-refractivity contribution in [3.8, 4) is 5.69 Å². The lowest BCUT2D eigenvalue weighted by Gasteiger charge is -2.28. The molecule has 4 aromatic rings. The minimum Gasteiger partial charge on any atom is -0.424 e. The Balaban J connectivity index is 1.44. The number of halogens is 5. The van der Waals surface area contributed by atoms with Crippen LogP contribution >= 0.6 is 0 Å². The third-order valence-electron chi connectivity index (χ3n) is 5.53. The van der Waals surface area contributed by atoms with Crippen molar-refractivity contribution in [3.63, 3.8) is 0 Å². The highest BCUT2D eigenvalue weighted by atomic mass is 19.3. The summed E-state index contributed by atoms with van der Waals surface area (Å²) in [5.41, 5.74) is -0.534. The summed E-state index contributed by atoms with van der Waals surface area (Å²) in [5, 5.41) is 10.1. The lowest BCUT2D eigenvalue weighted by molar-refractivity contribution is -0.0249. The van der Waals surface area contributed by atoms with Crippen molar-refractivity contribution >= 4 is 23.0 Å². The zero-order chi connectivity index (χ0) is 24.0. The zero-order valence-electron chi connectivity index (χ0n) is 17.2. The maximum Gasteiger partial charge on any atom is 0.295 e. The molecule has 0 bridgehead atoms. The van der Waals surface area contributed by atoms with Crippen LogP contribution in [0.1, 0.15) is 16.8 Å². The number of amides is 1. The fraction of sp³-hybridized carbons (Fsp3) is 0.238. The highest BCUT2D eigenvalue weighted by molar-refractivity contribution is 5.98. The van der Waals surface area contributed by atoms with E-state index < -0.39 is 54.0 Å². The normalized spacial score (nSPS) is 17.4. The minimum absolute atomic E-state index is 0.134. The average Bonchev–Trinajstić information content (AvgIpc) is 3.52. The first-order valence-corrected chi connectivity index (χ1v) is 10.1. The van der Waals surface area contributed by atoms with Gasteiger partial charge in [0.1, 0.15) is 23.1 Å². The second kappa shape index (κ2) is 8.08. The Labute approximate surface area is 188 Å². The molecule has 176 valence electrons. The minimum atomic E-state index is -3.29. The lowest BCUT2D eigenvalue weighted by atomic mass is 10.1. The van der Waals surface area contributed by atoms with E-state index in [0.717, 1.165) is 29.2 Å². The van der Waals surface area contributed by atoms with Crippen molar-refractivity contribution in [1.29, 1.82) is 0 Å². The predicted molar refractivity (Wildman–Crippen MR) is 108 cm³/mol. The first-order valence-electron chi connectivity index (χ1n) is 10.1. The smallest absolute Gasteiger partial charge is 0.295 e. The Morgan fingerprint density at radius 2 is 1.91 bits per heavy atom. The summed E-state index contributed by atoms with van der Waals surface area (Å²) in [4.78, 5) is 18.8. The zero-order valence-corrected chi connectivity index (χ0v) is 17.2. The maximum atomic E-state index is 14.7. The van der Waals surface area contributed by atoms with Gasteiger partial charge >= 0.3 is 0 Å². The molecule has 34 heavy (non-hydrogen) atoms. The second-order valence-corrected chi connectivity index (χ2v) is 7.61. The second-order valence-electron chi connectivity index (χ2n) is 7.61. The highest BCUT2D eigenvalue weighted by Crippen LogP contribution is 2.36. The Hall–Kier alpha value is -4.03. The lowest BCUT2D eigenvalue weighted by Crippen LogP contribution is -2.47. The molecule has 1 saturated heterocycles. The number of hydrogen-bond acceptors (Lipinski definition) is 6. The predicted octanol–water partition coefficient (Wildman–Crippen LogP) is 3.79. The van der Waals surface area contributed by atoms with Gasteiger partial charge in [0.15, 0.2) is 17.2 Å². The van der Waals surface area contributed by atoms with Gasteiger partial charge in [-0.1, -0.05) is 0 Å². The van der Waals surface area contributed by atoms with Gasteiger partial charge in [-0.15, -0.1) is 4.80 Å². The van der Waals surface area contributed by atoms with Gasteiger partial charge in [0.2, 0.25) is 0 Å². The summed E-state index contributed by atoms with van der Waals surface area (Å²) in [7, 11) is 0. The van der Waals surface area contributed by atoms with Gasteiger partial charge in [0.05, 0.1) is 18.0 Å². The number of benzene rings is 2. The fourth-order valence-corrected chi connectivity index (χ4v) is 3.88. The van der Waals surface area contributed by atoms with Crippen molar-refractivity contribution in [3.05, 3.63) is 65.7 Å². The number of oxazole rings is 1. The molecule has 1 N–H and O–H groups in total. The number of aromatic nitrogens is 4. The van der Waals surface area contributed by atoms with Gasteiger partial charge in [0, 0.05) is 25.6 Å². The van der Waals surface area contributed by atoms with Gasteiger partial charge < -0.3 is 14.6 Å². The largest absolute Gasteiger partial charge is 0.424 e. The molecule has 0 spiro atoms. The van der Waals surface area contributed by atoms with Crippen molar-refractivity contribution in [2.75, 3.05) is 18.4 Å². The molecule has 5 rings (SSSR count). The molecule has 1 atom stereocenters. The highest BCUT2D eigenvalue weighted by Gasteiger charge is 2.51. The number of anilines is 1. The van der Waals surface area contributed by atoms with Crippen LogP contribution in [0.3, 0.4) is 0 Å². The van der Waals surface area contributed by atoms with Gasteiger partial charge in [0.25, 0.3) is 17.8 Å². The SMILES string of the molecule is O=C(c1ccc(F)c(F)c1-n1nccn1)N1CCC(F)(F)C1CNc1nc2cc(F)ccc2o1. The molecule has 0 saturated carbocycles. The number of rotatable bonds is 5. The average molecular weight is 478 g/mol. The van der Waals surface area contributed by atoms with Crippen molar-refractivity contribution in [2.24, 2.45) is 0 Å².